The van der Waals surface area contributed by atoms with Crippen molar-refractivity contribution in [2.45, 2.75) is 12.5 Å². The van der Waals surface area contributed by atoms with E-state index < -0.39 is 0 Å². The summed E-state index contributed by atoms with van der Waals surface area (Å²) in [5.74, 6) is 0.765. The molecule has 1 atom stereocenters. The Balaban J connectivity index is 2.18. The number of benzene rings is 1. The van der Waals surface area contributed by atoms with E-state index in [-0.39, 0.29) is 0 Å². The van der Waals surface area contributed by atoms with Gasteiger partial charge in [-0.1, -0.05) is 6.07 Å². The van der Waals surface area contributed by atoms with Crippen LogP contribution in [0, 0.1) is 0 Å². The second-order valence-electron chi connectivity index (χ2n) is 3.45. The van der Waals surface area contributed by atoms with Crippen molar-refractivity contribution in [3.8, 4) is 5.75 Å². The van der Waals surface area contributed by atoms with Gasteiger partial charge in [-0.25, -0.2) is 0 Å². The second-order valence-corrected chi connectivity index (χ2v) is 3.45. The Hall–Kier alpha value is -1.42. The Labute approximate surface area is 83.2 Å². The van der Waals surface area contributed by atoms with Gasteiger partial charge in [0.05, 0.1) is 17.4 Å². The van der Waals surface area contributed by atoms with Crippen LogP contribution in [0.1, 0.15) is 6.42 Å². The van der Waals surface area contributed by atoms with Crippen LogP contribution in [-0.2, 0) is 0 Å². The van der Waals surface area contributed by atoms with Crippen molar-refractivity contribution >= 4 is 11.4 Å². The van der Waals surface area contributed by atoms with Crippen molar-refractivity contribution in [1.29, 1.82) is 0 Å². The maximum Gasteiger partial charge on any atom is 0.165 e. The van der Waals surface area contributed by atoms with E-state index in [2.05, 4.69) is 5.32 Å². The highest BCUT2D eigenvalue weighted by Crippen LogP contribution is 2.34. The Bertz CT molecular complexity index is 327. The summed E-state index contributed by atoms with van der Waals surface area (Å²) in [5.41, 5.74) is 12.9. The number of nitrogens with one attached hydrogen (secondary N) is 1. The molecule has 0 amide bonds. The summed E-state index contributed by atoms with van der Waals surface area (Å²) in [4.78, 5) is 0. The number of nitrogen functional groups attached to an aromatic ring is 1. The highest BCUT2D eigenvalue weighted by atomic mass is 16.5. The molecule has 2 rings (SSSR count). The largest absolute Gasteiger partial charge is 0.487 e. The van der Waals surface area contributed by atoms with Gasteiger partial charge in [0.1, 0.15) is 6.61 Å². The van der Waals surface area contributed by atoms with E-state index in [1.807, 2.05) is 18.2 Å². The zero-order valence-corrected chi connectivity index (χ0v) is 7.99. The van der Waals surface area contributed by atoms with Gasteiger partial charge in [0, 0.05) is 0 Å². The first-order valence-corrected chi connectivity index (χ1v) is 4.79. The summed E-state index contributed by atoms with van der Waals surface area (Å²) < 4.78 is 5.58. The maximum atomic E-state index is 5.77. The SMILES string of the molecule is NCCC1COc2c(N)cccc2N1. The van der Waals surface area contributed by atoms with Crippen molar-refractivity contribution in [3.63, 3.8) is 0 Å². The van der Waals surface area contributed by atoms with Crippen LogP contribution in [0.4, 0.5) is 11.4 Å². The minimum atomic E-state index is 0.300. The number of ether oxygens (including phenoxy) is 1. The van der Waals surface area contributed by atoms with Gasteiger partial charge in [-0.05, 0) is 25.1 Å². The Kier molecular flexibility index (Phi) is 2.45. The van der Waals surface area contributed by atoms with Crippen LogP contribution >= 0.6 is 0 Å². The van der Waals surface area contributed by atoms with Gasteiger partial charge in [0.15, 0.2) is 5.75 Å². The smallest absolute Gasteiger partial charge is 0.165 e. The van der Waals surface area contributed by atoms with Gasteiger partial charge in [0.25, 0.3) is 0 Å². The quantitative estimate of drug-likeness (QED) is 0.607. The Morgan fingerprint density at radius 3 is 3.14 bits per heavy atom. The lowest BCUT2D eigenvalue weighted by atomic mass is 10.1. The summed E-state index contributed by atoms with van der Waals surface area (Å²) in [5, 5.41) is 3.35. The summed E-state index contributed by atoms with van der Waals surface area (Å²) in [6.45, 7) is 1.30. The third-order valence-electron chi connectivity index (χ3n) is 2.35. The molecule has 0 radical (unpaired) electrons. The molecule has 1 aromatic carbocycles. The number of fused-ring (bicyclic) bond motifs is 1. The lowest BCUT2D eigenvalue weighted by Crippen LogP contribution is -2.33. The summed E-state index contributed by atoms with van der Waals surface area (Å²) in [6, 6.07) is 6.02. The van der Waals surface area contributed by atoms with Crippen molar-refractivity contribution in [2.75, 3.05) is 24.2 Å². The minimum absolute atomic E-state index is 0.300. The van der Waals surface area contributed by atoms with Crippen molar-refractivity contribution in [3.05, 3.63) is 18.2 Å². The van der Waals surface area contributed by atoms with E-state index in [4.69, 9.17) is 16.2 Å². The fourth-order valence-corrected chi connectivity index (χ4v) is 1.63. The number of nitrogens with two attached hydrogens (primary N) is 2. The summed E-state index contributed by atoms with van der Waals surface area (Å²) in [6.07, 6.45) is 0.911. The van der Waals surface area contributed by atoms with Gasteiger partial charge < -0.3 is 21.5 Å². The van der Waals surface area contributed by atoms with Crippen molar-refractivity contribution in [2.24, 2.45) is 5.73 Å². The van der Waals surface area contributed by atoms with Crippen LogP contribution in [0.5, 0.6) is 5.75 Å². The Morgan fingerprint density at radius 1 is 1.50 bits per heavy atom. The molecule has 0 aromatic heterocycles. The van der Waals surface area contributed by atoms with Gasteiger partial charge >= 0.3 is 0 Å². The molecule has 1 aromatic rings. The van der Waals surface area contributed by atoms with Gasteiger partial charge in [0.2, 0.25) is 0 Å². The molecule has 0 spiro atoms. The van der Waals surface area contributed by atoms with E-state index in [0.717, 1.165) is 17.9 Å². The zero-order valence-electron chi connectivity index (χ0n) is 7.99. The third-order valence-corrected chi connectivity index (χ3v) is 2.35. The lowest BCUT2D eigenvalue weighted by molar-refractivity contribution is 0.281. The fourth-order valence-electron chi connectivity index (χ4n) is 1.63. The van der Waals surface area contributed by atoms with E-state index >= 15 is 0 Å². The van der Waals surface area contributed by atoms with Crippen LogP contribution in [0.2, 0.25) is 0 Å². The fraction of sp³-hybridized carbons (Fsp3) is 0.400. The molecule has 0 aliphatic carbocycles. The number of rotatable bonds is 2. The zero-order chi connectivity index (χ0) is 9.97. The molecule has 0 bridgehead atoms. The topological polar surface area (TPSA) is 73.3 Å². The van der Waals surface area contributed by atoms with Crippen LogP contribution in [0.15, 0.2) is 18.2 Å². The van der Waals surface area contributed by atoms with E-state index in [1.165, 1.54) is 0 Å². The van der Waals surface area contributed by atoms with Crippen LogP contribution in [-0.4, -0.2) is 19.2 Å². The first kappa shape index (κ1) is 9.15. The molecule has 1 heterocycles. The highest BCUT2D eigenvalue weighted by Gasteiger charge is 2.19. The van der Waals surface area contributed by atoms with Gasteiger partial charge in [-0.15, -0.1) is 0 Å². The first-order chi connectivity index (χ1) is 6.81. The van der Waals surface area contributed by atoms with Crippen molar-refractivity contribution < 1.29 is 4.74 Å². The van der Waals surface area contributed by atoms with Gasteiger partial charge in [-0.2, -0.15) is 0 Å². The first-order valence-electron chi connectivity index (χ1n) is 4.79. The number of hydrogen-bond donors (Lipinski definition) is 3. The average Bonchev–Trinajstić information content (AvgIpc) is 2.18. The monoisotopic (exact) mass is 193 g/mol. The second kappa shape index (κ2) is 3.75. The molecule has 5 N–H and O–H groups in total. The van der Waals surface area contributed by atoms with Gasteiger partial charge in [-0.3, -0.25) is 0 Å². The molecule has 4 nitrogen and oxygen atoms in total. The Morgan fingerprint density at radius 2 is 2.36 bits per heavy atom. The normalized spacial score (nSPS) is 19.4. The molecule has 0 fully saturated rings. The van der Waals surface area contributed by atoms with Crippen molar-refractivity contribution in [1.82, 2.24) is 0 Å². The standard InChI is InChI=1S/C10H15N3O/c11-5-4-7-6-14-10-8(12)2-1-3-9(10)13-7/h1-3,7,13H,4-6,11-12H2. The third kappa shape index (κ3) is 1.61. The molecule has 0 saturated heterocycles. The molecule has 1 aliphatic heterocycles. The lowest BCUT2D eigenvalue weighted by Gasteiger charge is -2.27. The summed E-state index contributed by atoms with van der Waals surface area (Å²) in [7, 11) is 0. The highest BCUT2D eigenvalue weighted by molar-refractivity contribution is 5.70. The maximum absolute atomic E-state index is 5.77. The molecule has 1 unspecified atom stereocenters. The number of para-hydroxylation sites is 1. The number of hydrogen-bond acceptors (Lipinski definition) is 4. The number of anilines is 2. The molecular formula is C10H15N3O. The minimum Gasteiger partial charge on any atom is -0.487 e. The molecule has 1 aliphatic rings. The van der Waals surface area contributed by atoms with E-state index in [1.54, 1.807) is 0 Å². The molecular weight excluding hydrogens is 178 g/mol. The van der Waals surface area contributed by atoms with Crippen LogP contribution in [0.25, 0.3) is 0 Å². The predicted octanol–water partition coefficient (Wildman–Crippen LogP) is 0.790. The average molecular weight is 193 g/mol. The molecule has 76 valence electrons. The van der Waals surface area contributed by atoms with Crippen LogP contribution < -0.4 is 21.5 Å². The molecule has 0 saturated carbocycles. The predicted molar refractivity (Wildman–Crippen MR) is 57.4 cm³/mol. The molecule has 4 heteroatoms. The van der Waals surface area contributed by atoms with E-state index in [9.17, 15) is 0 Å². The van der Waals surface area contributed by atoms with Crippen LogP contribution in [0.3, 0.4) is 0 Å². The summed E-state index contributed by atoms with van der Waals surface area (Å²) >= 11 is 0. The van der Waals surface area contributed by atoms with E-state index in [0.29, 0.717) is 24.9 Å². The molecule has 14 heavy (non-hydrogen) atoms.